The molecule has 0 unspecified atom stereocenters. The van der Waals surface area contributed by atoms with Crippen molar-refractivity contribution in [3.8, 4) is 28.7 Å². The van der Waals surface area contributed by atoms with E-state index in [9.17, 15) is 4.79 Å². The van der Waals surface area contributed by atoms with Crippen LogP contribution in [0, 0.1) is 19.8 Å². The molecule has 4 rings (SSSR count). The lowest BCUT2D eigenvalue weighted by atomic mass is 10.1. The maximum absolute atomic E-state index is 11.1. The first-order valence-corrected chi connectivity index (χ1v) is 10.2. The Bertz CT molecular complexity index is 1100. The number of hydrogen-bond acceptors (Lipinski definition) is 8. The van der Waals surface area contributed by atoms with Crippen LogP contribution in [0.4, 0.5) is 4.79 Å². The van der Waals surface area contributed by atoms with Crippen LogP contribution in [0.25, 0.3) is 23.0 Å². The monoisotopic (exact) mass is 423 g/mol. The van der Waals surface area contributed by atoms with Crippen LogP contribution in [0.1, 0.15) is 30.8 Å². The third-order valence-corrected chi connectivity index (χ3v) is 4.77. The Hall–Kier alpha value is -3.49. The number of nitrogens with one attached hydrogen (secondary N) is 1. The van der Waals surface area contributed by atoms with Gasteiger partial charge in [-0.2, -0.15) is 4.98 Å². The average molecular weight is 423 g/mol. The van der Waals surface area contributed by atoms with Gasteiger partial charge in [0.15, 0.2) is 0 Å². The van der Waals surface area contributed by atoms with Crippen molar-refractivity contribution in [3.05, 3.63) is 41.3 Å². The molecule has 0 aliphatic carbocycles. The molecule has 3 aromatic rings. The number of cyclic esters (lactones) is 1. The van der Waals surface area contributed by atoms with E-state index in [1.165, 1.54) is 0 Å². The second kappa shape index (κ2) is 8.71. The topological polar surface area (TPSA) is 112 Å². The highest BCUT2D eigenvalue weighted by atomic mass is 16.6. The van der Waals surface area contributed by atoms with E-state index >= 15 is 0 Å². The normalized spacial score (nSPS) is 15.8. The highest BCUT2D eigenvalue weighted by Gasteiger charge is 2.23. The third kappa shape index (κ3) is 4.99. The molecule has 0 aromatic carbocycles. The van der Waals surface area contributed by atoms with Gasteiger partial charge in [-0.05, 0) is 49.9 Å². The second-order valence-electron chi connectivity index (χ2n) is 8.10. The van der Waals surface area contributed by atoms with Gasteiger partial charge in [0.2, 0.25) is 5.82 Å². The van der Waals surface area contributed by atoms with E-state index < -0.39 is 6.09 Å². The molecule has 1 fully saturated rings. The molecule has 1 N–H and O–H groups in total. The number of hydrogen-bond donors (Lipinski definition) is 1. The minimum absolute atomic E-state index is 0.171. The quantitative estimate of drug-likeness (QED) is 0.614. The van der Waals surface area contributed by atoms with Crippen molar-refractivity contribution >= 4 is 6.09 Å². The number of carbonyl (C=O) groups is 1. The summed E-state index contributed by atoms with van der Waals surface area (Å²) >= 11 is 0. The summed E-state index contributed by atoms with van der Waals surface area (Å²) < 4.78 is 16.1. The number of aryl methyl sites for hydroxylation is 2. The average Bonchev–Trinajstić information content (AvgIpc) is 3.35. The first kappa shape index (κ1) is 20.8. The van der Waals surface area contributed by atoms with Crippen molar-refractivity contribution in [1.29, 1.82) is 0 Å². The molecule has 0 bridgehead atoms. The molecule has 1 amide bonds. The van der Waals surface area contributed by atoms with Gasteiger partial charge in [-0.25, -0.2) is 9.78 Å². The van der Waals surface area contributed by atoms with Crippen molar-refractivity contribution < 1.29 is 18.8 Å². The molecular weight excluding hydrogens is 398 g/mol. The van der Waals surface area contributed by atoms with Gasteiger partial charge in [0.25, 0.3) is 5.89 Å². The zero-order chi connectivity index (χ0) is 22.0. The fourth-order valence-electron chi connectivity index (χ4n) is 3.35. The molecule has 1 aliphatic rings. The van der Waals surface area contributed by atoms with Crippen molar-refractivity contribution in [2.75, 3.05) is 13.2 Å². The lowest BCUT2D eigenvalue weighted by molar-refractivity contribution is 0.174. The first-order chi connectivity index (χ1) is 14.9. The van der Waals surface area contributed by atoms with Gasteiger partial charge in [-0.1, -0.05) is 19.0 Å². The fraction of sp³-hybridized carbons (Fsp3) is 0.409. The van der Waals surface area contributed by atoms with Crippen LogP contribution in [0.5, 0.6) is 5.75 Å². The molecule has 9 nitrogen and oxygen atoms in total. The van der Waals surface area contributed by atoms with E-state index in [4.69, 9.17) is 14.0 Å². The van der Waals surface area contributed by atoms with Crippen LogP contribution in [0.15, 0.2) is 28.9 Å². The molecular formula is C22H25N5O4. The van der Waals surface area contributed by atoms with Gasteiger partial charge in [0.1, 0.15) is 30.7 Å². The van der Waals surface area contributed by atoms with Crippen LogP contribution in [0.3, 0.4) is 0 Å². The predicted molar refractivity (Wildman–Crippen MR) is 113 cm³/mol. The summed E-state index contributed by atoms with van der Waals surface area (Å²) in [5, 5.41) is 6.77. The molecule has 0 radical (unpaired) electrons. The summed E-state index contributed by atoms with van der Waals surface area (Å²) in [5.41, 5.74) is 4.22. The number of alkyl carbamates (subject to hydrolysis) is 1. The van der Waals surface area contributed by atoms with Crippen LogP contribution in [-0.4, -0.2) is 45.5 Å². The predicted octanol–water partition coefficient (Wildman–Crippen LogP) is 3.50. The summed E-state index contributed by atoms with van der Waals surface area (Å²) in [7, 11) is 0. The maximum atomic E-state index is 11.1. The molecule has 4 heterocycles. The van der Waals surface area contributed by atoms with Crippen LogP contribution in [-0.2, 0) is 11.2 Å². The van der Waals surface area contributed by atoms with E-state index in [2.05, 4.69) is 39.3 Å². The molecule has 3 aromatic heterocycles. The minimum atomic E-state index is -0.424. The smallest absolute Gasteiger partial charge is 0.407 e. The Balaban J connectivity index is 1.49. The van der Waals surface area contributed by atoms with Crippen molar-refractivity contribution in [2.24, 2.45) is 5.92 Å². The Labute approximate surface area is 180 Å². The largest absolute Gasteiger partial charge is 0.489 e. The lowest BCUT2D eigenvalue weighted by Gasteiger charge is -2.12. The number of aromatic nitrogens is 4. The van der Waals surface area contributed by atoms with Gasteiger partial charge in [-0.15, -0.1) is 0 Å². The number of ether oxygens (including phenoxy) is 2. The molecule has 9 heteroatoms. The molecule has 0 spiro atoms. The van der Waals surface area contributed by atoms with E-state index in [1.54, 1.807) is 6.20 Å². The van der Waals surface area contributed by atoms with Gasteiger partial charge < -0.3 is 19.3 Å². The van der Waals surface area contributed by atoms with Crippen LogP contribution < -0.4 is 10.1 Å². The first-order valence-electron chi connectivity index (χ1n) is 10.2. The van der Waals surface area contributed by atoms with Gasteiger partial charge in [-0.3, -0.25) is 4.98 Å². The Morgan fingerprint density at radius 1 is 1.23 bits per heavy atom. The Morgan fingerprint density at radius 2 is 2.06 bits per heavy atom. The fourth-order valence-corrected chi connectivity index (χ4v) is 3.35. The summed E-state index contributed by atoms with van der Waals surface area (Å²) in [6.07, 6.45) is 2.08. The minimum Gasteiger partial charge on any atom is -0.489 e. The zero-order valence-electron chi connectivity index (χ0n) is 18.0. The molecule has 31 heavy (non-hydrogen) atoms. The molecule has 162 valence electrons. The highest BCUT2D eigenvalue weighted by molar-refractivity contribution is 5.69. The lowest BCUT2D eigenvalue weighted by Crippen LogP contribution is -2.32. The van der Waals surface area contributed by atoms with Crippen LogP contribution in [0.2, 0.25) is 0 Å². The molecule has 1 atom stereocenters. The van der Waals surface area contributed by atoms with Gasteiger partial charge in [0.05, 0.1) is 6.20 Å². The molecule has 1 aliphatic heterocycles. The number of rotatable bonds is 7. The van der Waals surface area contributed by atoms with E-state index in [0.717, 1.165) is 28.9 Å². The van der Waals surface area contributed by atoms with Crippen molar-refractivity contribution in [1.82, 2.24) is 25.4 Å². The second-order valence-corrected chi connectivity index (χ2v) is 8.10. The number of nitrogens with zero attached hydrogens (tertiary/aromatic N) is 4. The zero-order valence-corrected chi connectivity index (χ0v) is 18.0. The van der Waals surface area contributed by atoms with Crippen molar-refractivity contribution in [3.63, 3.8) is 0 Å². The third-order valence-electron chi connectivity index (χ3n) is 4.77. The number of pyridine rings is 2. The number of amides is 1. The summed E-state index contributed by atoms with van der Waals surface area (Å²) in [6.45, 7) is 8.79. The molecule has 0 saturated carbocycles. The van der Waals surface area contributed by atoms with Gasteiger partial charge >= 0.3 is 6.09 Å². The van der Waals surface area contributed by atoms with E-state index in [1.807, 2.05) is 32.0 Å². The standard InChI is InChI=1S/C22H25N5O4/c1-12(2)5-16-8-15(7-14(4)24-16)21-26-20(27-31-21)18-6-13(3)19(9-23-18)29-10-17-11-30-22(28)25-17/h6-9,12,17H,5,10-11H2,1-4H3,(H,25,28)/t17-/m0/s1. The van der Waals surface area contributed by atoms with E-state index in [-0.39, 0.29) is 6.04 Å². The maximum Gasteiger partial charge on any atom is 0.407 e. The van der Waals surface area contributed by atoms with Crippen LogP contribution >= 0.6 is 0 Å². The Morgan fingerprint density at radius 3 is 2.77 bits per heavy atom. The summed E-state index contributed by atoms with van der Waals surface area (Å²) in [6, 6.07) is 5.60. The van der Waals surface area contributed by atoms with E-state index in [0.29, 0.717) is 42.3 Å². The SMILES string of the molecule is Cc1cc(-c2nc(-c3cc(C)c(OC[C@H]4COC(=O)N4)cn3)no2)cc(CC(C)C)n1. The van der Waals surface area contributed by atoms with Gasteiger partial charge in [0, 0.05) is 17.0 Å². The number of carbonyl (C=O) groups excluding carboxylic acids is 1. The molecule has 1 saturated heterocycles. The highest BCUT2D eigenvalue weighted by Crippen LogP contribution is 2.26. The summed E-state index contributed by atoms with van der Waals surface area (Å²) in [5.74, 6) is 1.96. The van der Waals surface area contributed by atoms with Crippen molar-refractivity contribution in [2.45, 2.75) is 40.2 Å². The summed E-state index contributed by atoms with van der Waals surface area (Å²) in [4.78, 5) is 24.6. The Kier molecular flexibility index (Phi) is 5.83.